The van der Waals surface area contributed by atoms with Crippen LogP contribution in [0.2, 0.25) is 0 Å². The van der Waals surface area contributed by atoms with Gasteiger partial charge in [-0.25, -0.2) is 4.79 Å². The Morgan fingerprint density at radius 3 is 2.33 bits per heavy atom. The summed E-state index contributed by atoms with van der Waals surface area (Å²) in [7, 11) is 0. The smallest absolute Gasteiger partial charge is 0.407 e. The number of para-hydroxylation sites is 1. The van der Waals surface area contributed by atoms with Gasteiger partial charge in [-0.05, 0) is 29.8 Å². The van der Waals surface area contributed by atoms with E-state index in [9.17, 15) is 4.79 Å². The Balaban J connectivity index is 0.00000161. The van der Waals surface area contributed by atoms with E-state index in [0.29, 0.717) is 6.61 Å². The number of ether oxygens (including phenoxy) is 2. The molecule has 110 valence electrons. The molecule has 4 nitrogen and oxygen atoms in total. The Morgan fingerprint density at radius 2 is 1.67 bits per heavy atom. The largest absolute Gasteiger partial charge is 0.457 e. The molecule has 1 aliphatic heterocycles. The molecule has 0 unspecified atom stereocenters. The van der Waals surface area contributed by atoms with Crippen LogP contribution in [0, 0.1) is 0 Å². The van der Waals surface area contributed by atoms with Crippen LogP contribution in [0.4, 0.5) is 4.79 Å². The van der Waals surface area contributed by atoms with Gasteiger partial charge in [0.2, 0.25) is 0 Å². The first-order valence-corrected chi connectivity index (χ1v) is 6.57. The molecule has 2 aromatic carbocycles. The van der Waals surface area contributed by atoms with Gasteiger partial charge in [-0.1, -0.05) is 30.3 Å². The minimum Gasteiger partial charge on any atom is -0.457 e. The van der Waals surface area contributed by atoms with Crippen molar-refractivity contribution < 1.29 is 14.3 Å². The summed E-state index contributed by atoms with van der Waals surface area (Å²) >= 11 is 0. The van der Waals surface area contributed by atoms with Crippen molar-refractivity contribution in [1.82, 2.24) is 5.32 Å². The fraction of sp³-hybridized carbons (Fsp3) is 0.188. The summed E-state index contributed by atoms with van der Waals surface area (Å²) in [6.07, 6.45) is 0.427. The fourth-order valence-corrected chi connectivity index (χ4v) is 2.17. The zero-order chi connectivity index (χ0) is 13.8. The number of carbonyl (C=O) groups is 1. The van der Waals surface area contributed by atoms with Gasteiger partial charge >= 0.3 is 6.09 Å². The van der Waals surface area contributed by atoms with Crippen LogP contribution in [-0.2, 0) is 4.74 Å². The molecule has 2 aromatic rings. The van der Waals surface area contributed by atoms with Crippen LogP contribution in [-0.4, -0.2) is 12.7 Å². The van der Waals surface area contributed by atoms with Crippen LogP contribution in [0.25, 0.3) is 0 Å². The molecule has 1 aliphatic rings. The van der Waals surface area contributed by atoms with Crippen molar-refractivity contribution in [3.63, 3.8) is 0 Å². The van der Waals surface area contributed by atoms with Gasteiger partial charge in [0.25, 0.3) is 0 Å². The summed E-state index contributed by atoms with van der Waals surface area (Å²) < 4.78 is 10.6. The van der Waals surface area contributed by atoms with E-state index >= 15 is 0 Å². The van der Waals surface area contributed by atoms with E-state index in [1.165, 1.54) is 0 Å². The second-order valence-electron chi connectivity index (χ2n) is 4.61. The maximum atomic E-state index is 11.2. The zero-order valence-electron chi connectivity index (χ0n) is 11.3. The third-order valence-electron chi connectivity index (χ3n) is 3.19. The number of cyclic esters (lactones) is 1. The Morgan fingerprint density at radius 1 is 1.00 bits per heavy atom. The van der Waals surface area contributed by atoms with Crippen LogP contribution in [0.15, 0.2) is 54.6 Å². The summed E-state index contributed by atoms with van der Waals surface area (Å²) in [5, 5.41) is 2.80. The molecule has 1 N–H and O–H groups in total. The number of hydrogen-bond acceptors (Lipinski definition) is 3. The van der Waals surface area contributed by atoms with Gasteiger partial charge in [0.15, 0.2) is 0 Å². The van der Waals surface area contributed by atoms with Crippen LogP contribution >= 0.6 is 12.4 Å². The molecule has 0 aliphatic carbocycles. The lowest BCUT2D eigenvalue weighted by Crippen LogP contribution is -2.35. The summed E-state index contributed by atoms with van der Waals surface area (Å²) in [5.41, 5.74) is 1.06. The summed E-state index contributed by atoms with van der Waals surface area (Å²) in [6, 6.07) is 17.4. The molecule has 0 aromatic heterocycles. The Hall–Kier alpha value is -2.20. The number of amides is 1. The number of nitrogens with one attached hydrogen (secondary N) is 1. The van der Waals surface area contributed by atoms with Crippen molar-refractivity contribution in [2.24, 2.45) is 0 Å². The van der Waals surface area contributed by atoms with Gasteiger partial charge in [-0.2, -0.15) is 0 Å². The number of hydrogen-bond donors (Lipinski definition) is 1. The van der Waals surface area contributed by atoms with Crippen LogP contribution in [0.5, 0.6) is 11.5 Å². The van der Waals surface area contributed by atoms with Crippen LogP contribution in [0.3, 0.4) is 0 Å². The van der Waals surface area contributed by atoms with Gasteiger partial charge < -0.3 is 14.8 Å². The Labute approximate surface area is 129 Å². The maximum absolute atomic E-state index is 11.2. The molecule has 1 heterocycles. The highest BCUT2D eigenvalue weighted by molar-refractivity contribution is 5.85. The molecule has 21 heavy (non-hydrogen) atoms. The molecular weight excluding hydrogens is 290 g/mol. The van der Waals surface area contributed by atoms with Crippen molar-refractivity contribution in [2.45, 2.75) is 12.5 Å². The number of alkyl carbamates (subject to hydrolysis) is 1. The number of carbonyl (C=O) groups excluding carboxylic acids is 1. The summed E-state index contributed by atoms with van der Waals surface area (Å²) in [4.78, 5) is 11.2. The van der Waals surface area contributed by atoms with E-state index in [1.54, 1.807) is 0 Å². The number of halogens is 1. The highest BCUT2D eigenvalue weighted by Crippen LogP contribution is 2.25. The standard InChI is InChI=1S/C16H15NO3.ClH/c18-16-17-15(10-11-19-16)12-6-8-14(9-7-12)20-13-4-2-1-3-5-13;/h1-9,15H,10-11H2,(H,17,18);1H/t15-;/m1./s1. The monoisotopic (exact) mass is 305 g/mol. The maximum Gasteiger partial charge on any atom is 0.407 e. The van der Waals surface area contributed by atoms with E-state index in [-0.39, 0.29) is 24.5 Å². The molecule has 1 atom stereocenters. The molecule has 1 fully saturated rings. The van der Waals surface area contributed by atoms with E-state index < -0.39 is 0 Å². The van der Waals surface area contributed by atoms with Gasteiger partial charge in [-0.3, -0.25) is 0 Å². The van der Waals surface area contributed by atoms with Crippen molar-refractivity contribution in [1.29, 1.82) is 0 Å². The van der Waals surface area contributed by atoms with Crippen LogP contribution in [0.1, 0.15) is 18.0 Å². The fourth-order valence-electron chi connectivity index (χ4n) is 2.17. The Bertz CT molecular complexity index is 586. The first-order valence-electron chi connectivity index (χ1n) is 6.57. The number of benzene rings is 2. The first-order chi connectivity index (χ1) is 9.81. The lowest BCUT2D eigenvalue weighted by atomic mass is 10.0. The van der Waals surface area contributed by atoms with Crippen molar-refractivity contribution in [3.05, 3.63) is 60.2 Å². The van der Waals surface area contributed by atoms with Crippen LogP contribution < -0.4 is 10.1 Å². The van der Waals surface area contributed by atoms with E-state index in [4.69, 9.17) is 9.47 Å². The SMILES string of the molecule is Cl.O=C1N[C@@H](c2ccc(Oc3ccccc3)cc2)CCO1. The third-order valence-corrected chi connectivity index (χ3v) is 3.19. The molecule has 0 spiro atoms. The molecule has 3 rings (SSSR count). The highest BCUT2D eigenvalue weighted by atomic mass is 35.5. The molecule has 1 saturated heterocycles. The Kier molecular flexibility index (Phi) is 5.06. The van der Waals surface area contributed by atoms with Gasteiger partial charge in [-0.15, -0.1) is 12.4 Å². The zero-order valence-corrected chi connectivity index (χ0v) is 12.1. The second-order valence-corrected chi connectivity index (χ2v) is 4.61. The normalized spacial score (nSPS) is 17.1. The molecule has 5 heteroatoms. The van der Waals surface area contributed by atoms with E-state index in [1.807, 2.05) is 54.6 Å². The van der Waals surface area contributed by atoms with E-state index in [2.05, 4.69) is 5.32 Å². The van der Waals surface area contributed by atoms with Gasteiger partial charge in [0, 0.05) is 6.42 Å². The summed E-state index contributed by atoms with van der Waals surface area (Å²) in [6.45, 7) is 0.457. The summed E-state index contributed by atoms with van der Waals surface area (Å²) in [5.74, 6) is 1.58. The van der Waals surface area contributed by atoms with Crippen molar-refractivity contribution in [3.8, 4) is 11.5 Å². The van der Waals surface area contributed by atoms with Crippen molar-refractivity contribution >= 4 is 18.5 Å². The highest BCUT2D eigenvalue weighted by Gasteiger charge is 2.20. The van der Waals surface area contributed by atoms with E-state index in [0.717, 1.165) is 23.5 Å². The predicted molar refractivity (Wildman–Crippen MR) is 82.0 cm³/mol. The predicted octanol–water partition coefficient (Wildman–Crippen LogP) is 4.07. The van der Waals surface area contributed by atoms with Gasteiger partial charge in [0.05, 0.1) is 12.6 Å². The molecule has 0 saturated carbocycles. The lowest BCUT2D eigenvalue weighted by molar-refractivity contribution is 0.115. The topological polar surface area (TPSA) is 47.6 Å². The first kappa shape index (κ1) is 15.2. The molecule has 1 amide bonds. The minimum absolute atomic E-state index is 0. The minimum atomic E-state index is -0.356. The number of rotatable bonds is 3. The second kappa shape index (κ2) is 6.99. The lowest BCUT2D eigenvalue weighted by Gasteiger charge is -2.23. The average molecular weight is 306 g/mol. The molecule has 0 bridgehead atoms. The molecular formula is C16H16ClNO3. The quantitative estimate of drug-likeness (QED) is 0.929. The van der Waals surface area contributed by atoms with Crippen molar-refractivity contribution in [2.75, 3.05) is 6.61 Å². The molecule has 0 radical (unpaired) electrons. The van der Waals surface area contributed by atoms with Gasteiger partial charge in [0.1, 0.15) is 11.5 Å². The average Bonchev–Trinajstić information content (AvgIpc) is 2.49. The third kappa shape index (κ3) is 3.89.